The monoisotopic (exact) mass is 1960 g/mol. The van der Waals surface area contributed by atoms with Crippen molar-refractivity contribution in [3.63, 3.8) is 0 Å². The van der Waals surface area contributed by atoms with Gasteiger partial charge in [0.1, 0.15) is 64.3 Å². The molecule has 4 aromatic heterocycles. The number of amides is 6. The molecule has 698 valence electrons. The first-order chi connectivity index (χ1) is 62.2. The van der Waals surface area contributed by atoms with E-state index in [4.69, 9.17) is 62.5 Å². The van der Waals surface area contributed by atoms with Crippen molar-refractivity contribution in [1.82, 2.24) is 48.5 Å². The van der Waals surface area contributed by atoms with Crippen molar-refractivity contribution in [1.29, 1.82) is 0 Å². The Balaban J connectivity index is 0.000000152. The number of unbranched alkanes of at least 4 members (excludes halogenated alkanes) is 3. The number of nitrogens with zero attached hydrogens (tertiary/aromatic N) is 8. The summed E-state index contributed by atoms with van der Waals surface area (Å²) in [6, 6.07) is 9.96. The number of carbonyl (C=O) groups excluding carboxylic acids is 6. The molecule has 0 aliphatic carbocycles. The molecule has 0 spiro atoms. The Bertz CT molecular complexity index is 5830. The number of hydrogen-bond acceptors (Lipinski definition) is 23. The van der Waals surface area contributed by atoms with Crippen LogP contribution in [0.5, 0.6) is 23.0 Å². The Morgan fingerprint density at radius 2 is 0.802 bits per heavy atom. The number of carbonyl (C=O) groups is 6. The molecular formula is C88H96ClF6ILiN11O23. The van der Waals surface area contributed by atoms with E-state index < -0.39 is 106 Å². The predicted octanol–water partition coefficient (Wildman–Crippen LogP) is 2.83. The van der Waals surface area contributed by atoms with Gasteiger partial charge in [0.2, 0.25) is 21.7 Å². The number of aromatic hydroxyl groups is 1. The molecule has 0 bridgehead atoms. The number of methoxy groups -OCH3 is 4. The van der Waals surface area contributed by atoms with Crippen molar-refractivity contribution in [2.24, 2.45) is 5.73 Å². The first-order valence-electron chi connectivity index (χ1n) is 42.3. The summed E-state index contributed by atoms with van der Waals surface area (Å²) in [5.41, 5.74) is 5.32. The van der Waals surface area contributed by atoms with Crippen LogP contribution in [0.2, 0.25) is 0 Å². The maximum atomic E-state index is 14.1. The summed E-state index contributed by atoms with van der Waals surface area (Å²) >= 11 is 2.05. The third-order valence-corrected chi connectivity index (χ3v) is 25.7. The molecule has 7 aromatic rings. The van der Waals surface area contributed by atoms with Gasteiger partial charge in [-0.1, -0.05) is 58.2 Å². The van der Waals surface area contributed by atoms with Crippen LogP contribution in [0.3, 0.4) is 0 Å². The number of aromatic nitrogens is 4. The second-order valence-electron chi connectivity index (χ2n) is 31.9. The van der Waals surface area contributed by atoms with E-state index in [0.717, 1.165) is 67.8 Å². The average Bonchev–Trinajstić information content (AvgIpc) is 1.56. The summed E-state index contributed by atoms with van der Waals surface area (Å²) in [5.74, 6) is -7.93. The summed E-state index contributed by atoms with van der Waals surface area (Å²) in [6.07, 6.45) is 3.68. The van der Waals surface area contributed by atoms with Crippen LogP contribution in [0.4, 0.5) is 26.3 Å². The van der Waals surface area contributed by atoms with Crippen molar-refractivity contribution in [2.75, 3.05) is 101 Å². The Morgan fingerprint density at radius 1 is 0.473 bits per heavy atom. The van der Waals surface area contributed by atoms with Crippen LogP contribution in [-0.4, -0.2) is 204 Å². The first-order valence-corrected chi connectivity index (χ1v) is 43.4. The molecular weight excluding hydrogens is 1860 g/mol. The molecule has 34 nitrogen and oxygen atoms in total. The summed E-state index contributed by atoms with van der Waals surface area (Å²) in [6.45, 7) is 14.7. The number of hydrogen-bond donors (Lipinski definition) is 4. The Hall–Kier alpha value is -9.94. The number of fused-ring (bicyclic) bond motifs is 8. The van der Waals surface area contributed by atoms with E-state index in [1.807, 2.05) is 16.1 Å². The zero-order chi connectivity index (χ0) is 92.4. The van der Waals surface area contributed by atoms with Crippen molar-refractivity contribution in [3.05, 3.63) is 220 Å². The second-order valence-corrected chi connectivity index (χ2v) is 33.0. The zero-order valence-corrected chi connectivity index (χ0v) is 75.7. The van der Waals surface area contributed by atoms with E-state index >= 15 is 0 Å². The smallest absolute Gasteiger partial charge is 1.00 e. The van der Waals surface area contributed by atoms with E-state index in [0.29, 0.717) is 125 Å². The normalized spacial score (nSPS) is 22.6. The topological polar surface area (TPSA) is 395 Å². The molecule has 6 amide bonds. The van der Waals surface area contributed by atoms with Crippen molar-refractivity contribution in [3.8, 4) is 23.0 Å². The van der Waals surface area contributed by atoms with Crippen LogP contribution in [0, 0.1) is 45.1 Å². The quantitative estimate of drug-likeness (QED) is 0.0179. The molecule has 12 atom stereocenters. The van der Waals surface area contributed by atoms with E-state index in [-0.39, 0.29) is 185 Å². The van der Waals surface area contributed by atoms with Crippen LogP contribution in [0.15, 0.2) is 79.8 Å². The maximum Gasteiger partial charge on any atom is 1.00 e. The average molecular weight is 1960 g/mol. The molecule has 12 unspecified atom stereocenters. The number of pyridine rings is 4. The van der Waals surface area contributed by atoms with E-state index in [1.165, 1.54) is 48.0 Å². The van der Waals surface area contributed by atoms with E-state index in [2.05, 4.69) is 53.7 Å². The first kappa shape index (κ1) is 100. The molecule has 131 heavy (non-hydrogen) atoms. The number of ether oxygens (including phenoxy) is 11. The standard InChI is InChI=1S/C25H27F2N3O6.C21H19F2N3O6.C17H21IN2O5.C17H22N2O5.C7H7F2N.CO.ClH.Li/c1-3-4-8-35-22-20-24(33)29-7-9-36-25(29)16-11-17(34-2)19(30(16)20)18(21(22)31)23(32)28-12-13-5-6-14(26)10-15(13)27;1-31-13-7-12-21-25(4-5-32-21)20(30)16-18(28)17(27)14(15(13)26(12)16)19(29)24-8-9-2-3-10(22)6-11(9)23;1-3-4-6-24-15-13-16(22)19-5-7-25-17(19)9-8-10(23-2)12(20(9)13)11(18)14(15)21;1-3-4-6-23-15-12(20)8-10-13(22-2)9-11-17-18(5-7-24-17)16(21)14(15)19(10)11;8-6-2-1-5(4-10)7(9)3-6;1-2;;/h5-6,10,16-17,25H,3-4,7-9,11-12H2,1-2H3,(H,28,32);2-3,6,12-13,21,28H,4-5,7-8H2,1H3,(H,24,29);9-10,17H,3-8H2,1-2H3;8,11,13,17H,3-7,9H2,1-2H3;1-3H,4,10H2;;1H;/q;;;;;;;+1/p-1. The van der Waals surface area contributed by atoms with Crippen LogP contribution < -0.4 is 83.6 Å². The summed E-state index contributed by atoms with van der Waals surface area (Å²) < 4.78 is 157. The van der Waals surface area contributed by atoms with Crippen LogP contribution in [0.25, 0.3) is 0 Å². The molecule has 0 radical (unpaired) electrons. The molecule has 19 rings (SSSR count). The van der Waals surface area contributed by atoms with Crippen molar-refractivity contribution in [2.45, 2.75) is 178 Å². The van der Waals surface area contributed by atoms with Gasteiger partial charge in [-0.25, -0.2) is 26.3 Å². The number of nitrogens with one attached hydrogen (secondary N) is 2. The van der Waals surface area contributed by atoms with Gasteiger partial charge in [-0.3, -0.25) is 47.9 Å². The predicted molar refractivity (Wildman–Crippen MR) is 448 cm³/mol. The summed E-state index contributed by atoms with van der Waals surface area (Å²) in [7, 11) is 6.14. The Kier molecular flexibility index (Phi) is 32.8. The van der Waals surface area contributed by atoms with Gasteiger partial charge in [-0.15, -0.1) is 0 Å². The molecule has 12 aliphatic rings. The van der Waals surface area contributed by atoms with Gasteiger partial charge in [-0.2, -0.15) is 0 Å². The van der Waals surface area contributed by atoms with Crippen LogP contribution in [-0.2, 0) is 62.2 Å². The molecule has 16 heterocycles. The fourth-order valence-electron chi connectivity index (χ4n) is 18.6. The fraction of sp³-hybridized carbons (Fsp3) is 0.489. The van der Waals surface area contributed by atoms with Gasteiger partial charge in [0.05, 0.1) is 103 Å². The van der Waals surface area contributed by atoms with Gasteiger partial charge in [0.25, 0.3) is 35.4 Å². The number of benzene rings is 3. The SMILES string of the molecule is CCCCOc1c2n3c(c(C(=O)NCc4ccc(F)cc4F)c1=O)C(OC)CC3C1OCCN1C2=O.CCCCOc1c2n3c(c(I)c1=O)C(OC)CC3C1OCCN1C2=O.CCCCOc1c2n3c(cc1=O)C(OC)CC3C1OCCN1C2=O.COC1CC2C3OCCN3C(=O)c3c(O)c(=O)c(C(=O)NCc4ccc(F)cc4F)c1n32.NCc1ccc(F)cc1F.[C-]#[O+].[Cl-].[Li+]. The van der Waals surface area contributed by atoms with Gasteiger partial charge in [-0.05, 0) is 60.1 Å². The molecule has 12 aliphatic heterocycles. The molecule has 3 aromatic carbocycles. The van der Waals surface area contributed by atoms with Gasteiger partial charge in [0.15, 0.2) is 70.7 Å². The van der Waals surface area contributed by atoms with E-state index in [1.54, 1.807) is 39.6 Å². The fourth-order valence-corrected chi connectivity index (χ4v) is 19.5. The largest absolute Gasteiger partial charge is 1.00 e. The molecule has 4 fully saturated rings. The van der Waals surface area contributed by atoms with Gasteiger partial charge >= 0.3 is 30.2 Å². The summed E-state index contributed by atoms with van der Waals surface area (Å²) in [5, 5.41) is 15.6. The Labute approximate surface area is 777 Å². The third-order valence-electron chi connectivity index (χ3n) is 24.7. The van der Waals surface area contributed by atoms with Crippen molar-refractivity contribution < 1.29 is 148 Å². The minimum atomic E-state index is -1.02. The van der Waals surface area contributed by atoms with Crippen molar-refractivity contribution >= 4 is 58.0 Å². The van der Waals surface area contributed by atoms with Crippen LogP contribution >= 0.6 is 22.6 Å². The van der Waals surface area contributed by atoms with Gasteiger partial charge in [0, 0.05) is 141 Å². The van der Waals surface area contributed by atoms with Gasteiger partial charge < -0.3 is 124 Å². The molecule has 43 heteroatoms. The number of rotatable bonds is 23. The Morgan fingerprint density at radius 3 is 1.18 bits per heavy atom. The number of halogens is 8. The second kappa shape index (κ2) is 42.9. The molecule has 5 N–H and O–H groups in total. The molecule has 0 saturated carbocycles. The minimum absolute atomic E-state index is 0. The third kappa shape index (κ3) is 18.6. The molecule has 4 saturated heterocycles. The summed E-state index contributed by atoms with van der Waals surface area (Å²) in [4.78, 5) is 138. The minimum Gasteiger partial charge on any atom is -1.00 e. The maximum absolute atomic E-state index is 14.1. The van der Waals surface area contributed by atoms with E-state index in [9.17, 15) is 79.4 Å². The zero-order valence-electron chi connectivity index (χ0n) is 72.8. The number of nitrogens with two attached hydrogens (primary N) is 1. The van der Waals surface area contributed by atoms with Crippen LogP contribution in [0.1, 0.15) is 236 Å².